The molecule has 1 saturated heterocycles. The van der Waals surface area contributed by atoms with E-state index in [1.54, 1.807) is 7.11 Å². The lowest BCUT2D eigenvalue weighted by Crippen LogP contribution is -2.39. The molecule has 0 aliphatic carbocycles. The Morgan fingerprint density at radius 2 is 1.86 bits per heavy atom. The number of aliphatic hydroxyl groups excluding tert-OH is 2. The second-order valence-electron chi connectivity index (χ2n) is 11.2. The Labute approximate surface area is 227 Å². The van der Waals surface area contributed by atoms with Crippen LogP contribution in [0, 0.1) is 0 Å². The highest BCUT2D eigenvalue weighted by atomic mass is 32.1. The van der Waals surface area contributed by atoms with Crippen molar-refractivity contribution >= 4 is 35.6 Å². The Hall–Kier alpha value is -0.378. The highest BCUT2D eigenvalue weighted by Gasteiger charge is 2.32. The Morgan fingerprint density at radius 1 is 1.22 bits per heavy atom. The summed E-state index contributed by atoms with van der Waals surface area (Å²) in [6, 6.07) is 8.84. The summed E-state index contributed by atoms with van der Waals surface area (Å²) in [6.07, 6.45) is 2.19. The summed E-state index contributed by atoms with van der Waals surface area (Å²) in [5.41, 5.74) is 2.17. The fraction of sp³-hybridized carbons (Fsp3) is 0.692. The van der Waals surface area contributed by atoms with Crippen LogP contribution in [-0.4, -0.2) is 68.4 Å². The van der Waals surface area contributed by atoms with Crippen molar-refractivity contribution in [2.75, 3.05) is 13.7 Å². The minimum Gasteiger partial charge on any atom is -0.497 e. The topological polar surface area (TPSA) is 77.4 Å². The van der Waals surface area contributed by atoms with E-state index in [4.69, 9.17) is 18.9 Å². The molecule has 10 heteroatoms. The smallest absolute Gasteiger partial charge is 0.380 e. The van der Waals surface area contributed by atoms with Crippen molar-refractivity contribution in [3.05, 3.63) is 42.0 Å². The zero-order chi connectivity index (χ0) is 26.7. The van der Waals surface area contributed by atoms with Crippen molar-refractivity contribution in [2.45, 2.75) is 101 Å². The van der Waals surface area contributed by atoms with Gasteiger partial charge in [-0.2, -0.15) is 12.5 Å². The standard InChI is InChI=1S/C26H46BO6PSSi/c1-19(18-36(3,4)5)12-21(28)13-25-14-22(29)15-26(33-25)16-24(10-11-32-27(34)35)31-17-20-6-8-23(30-2)9-7-20/h6-9,21-22,24-26,28-29,35H,1,10-18,34H2,2-5H3/t21-,22+,24-,25-,26-/m0/s1. The van der Waals surface area contributed by atoms with Crippen LogP contribution in [0.2, 0.25) is 25.7 Å². The molecule has 1 aliphatic rings. The summed E-state index contributed by atoms with van der Waals surface area (Å²) in [5.74, 6) is 0.590. The first kappa shape index (κ1) is 31.8. The molecule has 1 aromatic carbocycles. The molecule has 0 saturated carbocycles. The first-order chi connectivity index (χ1) is 16.9. The maximum Gasteiger partial charge on any atom is 0.380 e. The van der Waals surface area contributed by atoms with Gasteiger partial charge in [-0.1, -0.05) is 37.3 Å². The number of aliphatic hydroxyl groups is 2. The van der Waals surface area contributed by atoms with Gasteiger partial charge in [0, 0.05) is 14.7 Å². The van der Waals surface area contributed by atoms with Crippen LogP contribution in [0.1, 0.15) is 44.1 Å². The maximum absolute atomic E-state index is 10.7. The minimum absolute atomic E-state index is 0.0958. The third-order valence-electron chi connectivity index (χ3n) is 6.19. The van der Waals surface area contributed by atoms with Gasteiger partial charge in [0.1, 0.15) is 5.75 Å². The van der Waals surface area contributed by atoms with E-state index in [1.807, 2.05) is 24.3 Å². The lowest BCUT2D eigenvalue weighted by Gasteiger charge is -2.36. The fourth-order valence-electron chi connectivity index (χ4n) is 4.75. The van der Waals surface area contributed by atoms with E-state index in [9.17, 15) is 10.2 Å². The van der Waals surface area contributed by atoms with E-state index in [1.165, 1.54) is 0 Å². The summed E-state index contributed by atoms with van der Waals surface area (Å²) in [4.78, 5) is 0. The summed E-state index contributed by atoms with van der Waals surface area (Å²) in [5, 5.41) is 21.2. The number of hydrogen-bond donors (Lipinski definition) is 3. The maximum atomic E-state index is 10.7. The van der Waals surface area contributed by atoms with Gasteiger partial charge in [0.2, 0.25) is 0 Å². The fourth-order valence-corrected chi connectivity index (χ4v) is 6.64. The molecule has 1 fully saturated rings. The monoisotopic (exact) mass is 556 g/mol. The summed E-state index contributed by atoms with van der Waals surface area (Å²) >= 11 is 4.26. The van der Waals surface area contributed by atoms with E-state index in [0.29, 0.717) is 51.7 Å². The zero-order valence-corrected chi connectivity index (χ0v) is 25.4. The van der Waals surface area contributed by atoms with Crippen molar-refractivity contribution in [1.82, 2.24) is 0 Å². The SMILES string of the molecule is C=C(C[C@H](O)C[C@H]1C[C@@H](O)C[C@@H](C[C@H](CCOB(P)S)OCc2ccc(OC)cc2)O1)C[Si](C)(C)C. The lowest BCUT2D eigenvalue weighted by molar-refractivity contribution is -0.126. The third kappa shape index (κ3) is 13.4. The predicted octanol–water partition coefficient (Wildman–Crippen LogP) is 5.11. The molecule has 0 spiro atoms. The largest absolute Gasteiger partial charge is 0.497 e. The average Bonchev–Trinajstić information content (AvgIpc) is 2.75. The molecule has 2 rings (SSSR count). The van der Waals surface area contributed by atoms with Crippen molar-refractivity contribution in [2.24, 2.45) is 0 Å². The molecule has 6 atom stereocenters. The normalized spacial score (nSPS) is 22.2. The summed E-state index contributed by atoms with van der Waals surface area (Å²) < 4.78 is 23.5. The Morgan fingerprint density at radius 3 is 2.44 bits per heavy atom. The number of ether oxygens (including phenoxy) is 3. The predicted molar refractivity (Wildman–Crippen MR) is 158 cm³/mol. The van der Waals surface area contributed by atoms with Crippen LogP contribution in [0.4, 0.5) is 0 Å². The Bertz CT molecular complexity index is 779. The third-order valence-corrected chi connectivity index (χ3v) is 8.10. The Kier molecular flexibility index (Phi) is 14.1. The molecule has 0 radical (unpaired) electrons. The van der Waals surface area contributed by atoms with E-state index < -0.39 is 20.3 Å². The van der Waals surface area contributed by atoms with Gasteiger partial charge >= 0.3 is 5.91 Å². The number of hydrogen-bond acceptors (Lipinski definition) is 7. The van der Waals surface area contributed by atoms with Gasteiger partial charge in [-0.05, 0) is 62.3 Å². The molecule has 1 aliphatic heterocycles. The molecule has 204 valence electrons. The molecular formula is C26H46BO6PSSi. The van der Waals surface area contributed by atoms with Crippen molar-refractivity contribution in [1.29, 1.82) is 0 Å². The van der Waals surface area contributed by atoms with Gasteiger partial charge in [0.25, 0.3) is 0 Å². The molecule has 0 bridgehead atoms. The molecular weight excluding hydrogens is 510 g/mol. The lowest BCUT2D eigenvalue weighted by atomic mass is 9.93. The first-order valence-corrected chi connectivity index (χ1v) is 17.8. The van der Waals surface area contributed by atoms with Gasteiger partial charge in [0.05, 0.1) is 44.2 Å². The number of methoxy groups -OCH3 is 1. The molecule has 2 N–H and O–H groups in total. The van der Waals surface area contributed by atoms with E-state index in [0.717, 1.165) is 22.9 Å². The average molecular weight is 557 g/mol. The molecule has 36 heavy (non-hydrogen) atoms. The van der Waals surface area contributed by atoms with E-state index in [2.05, 4.69) is 47.8 Å². The quantitative estimate of drug-likeness (QED) is 0.114. The molecule has 0 amide bonds. The van der Waals surface area contributed by atoms with Crippen LogP contribution in [0.3, 0.4) is 0 Å². The van der Waals surface area contributed by atoms with Crippen LogP contribution >= 0.6 is 21.6 Å². The number of benzene rings is 1. The zero-order valence-electron chi connectivity index (χ0n) is 22.4. The molecule has 1 heterocycles. The molecule has 1 aromatic rings. The first-order valence-electron chi connectivity index (χ1n) is 12.9. The van der Waals surface area contributed by atoms with Gasteiger partial charge in [-0.25, -0.2) is 0 Å². The van der Waals surface area contributed by atoms with Crippen molar-refractivity contribution in [3.8, 4) is 5.75 Å². The van der Waals surface area contributed by atoms with Gasteiger partial charge in [-0.15, -0.1) is 15.7 Å². The van der Waals surface area contributed by atoms with Gasteiger partial charge in [0.15, 0.2) is 0 Å². The van der Waals surface area contributed by atoms with Crippen LogP contribution in [0.25, 0.3) is 0 Å². The number of thiol groups is 1. The van der Waals surface area contributed by atoms with Crippen LogP contribution < -0.4 is 4.74 Å². The van der Waals surface area contributed by atoms with Crippen LogP contribution in [0.15, 0.2) is 36.4 Å². The molecule has 0 aromatic heterocycles. The second kappa shape index (κ2) is 15.9. The van der Waals surface area contributed by atoms with Crippen molar-refractivity contribution in [3.63, 3.8) is 0 Å². The molecule has 6 nitrogen and oxygen atoms in total. The second-order valence-corrected chi connectivity index (χ2v) is 18.3. The van der Waals surface area contributed by atoms with E-state index in [-0.39, 0.29) is 24.2 Å². The Balaban J connectivity index is 1.92. The highest BCUT2D eigenvalue weighted by Crippen LogP contribution is 2.29. The van der Waals surface area contributed by atoms with E-state index >= 15 is 0 Å². The summed E-state index contributed by atoms with van der Waals surface area (Å²) in [6.45, 7) is 12.1. The molecule has 1 unspecified atom stereocenters. The number of rotatable bonds is 16. The van der Waals surface area contributed by atoms with Crippen LogP contribution in [0.5, 0.6) is 5.75 Å². The minimum atomic E-state index is -1.25. The van der Waals surface area contributed by atoms with Gasteiger partial charge in [-0.3, -0.25) is 0 Å². The van der Waals surface area contributed by atoms with Crippen molar-refractivity contribution < 1.29 is 29.1 Å². The summed E-state index contributed by atoms with van der Waals surface area (Å²) in [7, 11) is 2.91. The van der Waals surface area contributed by atoms with Crippen LogP contribution in [-0.2, 0) is 20.7 Å². The van der Waals surface area contributed by atoms with Gasteiger partial charge < -0.3 is 29.1 Å². The highest BCUT2D eigenvalue weighted by molar-refractivity contribution is 8.23.